The lowest BCUT2D eigenvalue weighted by Crippen LogP contribution is -2.12. The Morgan fingerprint density at radius 3 is 2.28 bits per heavy atom. The van der Waals surface area contributed by atoms with Crippen molar-refractivity contribution in [3.8, 4) is 5.75 Å². The number of aliphatic carboxylic acids is 1. The minimum absolute atomic E-state index is 0.303. The fraction of sp³-hybridized carbons (Fsp3) is 0.400. The molecule has 0 heterocycles. The van der Waals surface area contributed by atoms with Gasteiger partial charge in [-0.3, -0.25) is 0 Å². The zero-order valence-electron chi connectivity index (χ0n) is 10.2. The Hall–Kier alpha value is -1.77. The first-order chi connectivity index (χ1) is 8.65. The number of carbonyl (C=O) groups is 1. The maximum atomic E-state index is 10.4. The van der Waals surface area contributed by atoms with Crippen LogP contribution in [0.3, 0.4) is 0 Å². The molecule has 1 fully saturated rings. The molecule has 3 heteroatoms. The molecule has 18 heavy (non-hydrogen) atoms. The molecule has 2 N–H and O–H groups in total. The van der Waals surface area contributed by atoms with E-state index in [-0.39, 0.29) is 0 Å². The van der Waals surface area contributed by atoms with Crippen molar-refractivity contribution in [3.63, 3.8) is 0 Å². The lowest BCUT2D eigenvalue weighted by Gasteiger charge is -2.27. The summed E-state index contributed by atoms with van der Waals surface area (Å²) in [5.74, 6) is 0.377. The van der Waals surface area contributed by atoms with Crippen LogP contribution in [0.1, 0.15) is 37.2 Å². The van der Waals surface area contributed by atoms with Crippen LogP contribution in [0.4, 0.5) is 0 Å². The van der Waals surface area contributed by atoms with Crippen LogP contribution in [0, 0.1) is 5.92 Å². The van der Waals surface area contributed by atoms with Crippen LogP contribution in [-0.4, -0.2) is 16.2 Å². The third-order valence-electron chi connectivity index (χ3n) is 3.65. The second-order valence-electron chi connectivity index (χ2n) is 4.90. The van der Waals surface area contributed by atoms with Crippen LogP contribution in [0.2, 0.25) is 0 Å². The molecule has 0 unspecified atom stereocenters. The molecule has 0 aromatic heterocycles. The van der Waals surface area contributed by atoms with Gasteiger partial charge in [-0.1, -0.05) is 18.2 Å². The Morgan fingerprint density at radius 2 is 1.72 bits per heavy atom. The number of benzene rings is 1. The van der Waals surface area contributed by atoms with Crippen molar-refractivity contribution in [3.05, 3.63) is 42.0 Å². The minimum Gasteiger partial charge on any atom is -0.508 e. The van der Waals surface area contributed by atoms with E-state index in [1.165, 1.54) is 11.6 Å². The number of phenolic OH excluding ortho intramolecular Hbond substituents is 1. The predicted octanol–water partition coefficient (Wildman–Crippen LogP) is 3.31. The van der Waals surface area contributed by atoms with Crippen molar-refractivity contribution in [1.29, 1.82) is 0 Å². The zero-order valence-corrected chi connectivity index (χ0v) is 10.2. The first-order valence-electron chi connectivity index (χ1n) is 6.35. The van der Waals surface area contributed by atoms with E-state index in [0.29, 0.717) is 17.6 Å². The normalized spacial score (nSPS) is 24.2. The number of carboxylic acid groups (broad SMARTS) is 1. The molecule has 3 nitrogen and oxygen atoms in total. The van der Waals surface area contributed by atoms with Crippen molar-refractivity contribution in [2.45, 2.75) is 31.6 Å². The van der Waals surface area contributed by atoms with Crippen LogP contribution >= 0.6 is 0 Å². The van der Waals surface area contributed by atoms with Crippen LogP contribution < -0.4 is 0 Å². The average molecular weight is 246 g/mol. The molecule has 96 valence electrons. The van der Waals surface area contributed by atoms with E-state index in [1.54, 1.807) is 12.1 Å². The fourth-order valence-corrected chi connectivity index (χ4v) is 2.61. The van der Waals surface area contributed by atoms with E-state index in [2.05, 4.69) is 0 Å². The topological polar surface area (TPSA) is 57.5 Å². The van der Waals surface area contributed by atoms with Crippen LogP contribution in [-0.2, 0) is 4.79 Å². The Labute approximate surface area is 107 Å². The van der Waals surface area contributed by atoms with Crippen molar-refractivity contribution in [1.82, 2.24) is 0 Å². The maximum absolute atomic E-state index is 10.4. The van der Waals surface area contributed by atoms with Gasteiger partial charge in [0, 0.05) is 6.08 Å². The lowest BCUT2D eigenvalue weighted by atomic mass is 9.78. The van der Waals surface area contributed by atoms with E-state index >= 15 is 0 Å². The van der Waals surface area contributed by atoms with Gasteiger partial charge in [0.2, 0.25) is 0 Å². The SMILES string of the molecule is O=C(O)/C=C/C1CCC(c2ccc(O)cc2)CC1. The molecular weight excluding hydrogens is 228 g/mol. The van der Waals surface area contributed by atoms with Crippen molar-refractivity contribution >= 4 is 5.97 Å². The summed E-state index contributed by atoms with van der Waals surface area (Å²) < 4.78 is 0. The molecule has 2 rings (SSSR count). The van der Waals surface area contributed by atoms with Gasteiger partial charge in [-0.2, -0.15) is 0 Å². The predicted molar refractivity (Wildman–Crippen MR) is 69.6 cm³/mol. The standard InChI is InChI=1S/C15H18O3/c16-14-8-6-13(7-9-14)12-4-1-11(2-5-12)3-10-15(17)18/h3,6-12,16H,1-2,4-5H2,(H,17,18)/b10-3+. The second kappa shape index (κ2) is 5.71. The summed E-state index contributed by atoms with van der Waals surface area (Å²) in [5.41, 5.74) is 1.27. The van der Waals surface area contributed by atoms with Gasteiger partial charge < -0.3 is 10.2 Å². The van der Waals surface area contributed by atoms with Crippen LogP contribution in [0.5, 0.6) is 5.75 Å². The van der Waals surface area contributed by atoms with Gasteiger partial charge in [0.25, 0.3) is 0 Å². The molecule has 0 spiro atoms. The summed E-state index contributed by atoms with van der Waals surface area (Å²) >= 11 is 0. The summed E-state index contributed by atoms with van der Waals surface area (Å²) in [7, 11) is 0. The van der Waals surface area contributed by atoms with Crippen LogP contribution in [0.25, 0.3) is 0 Å². The first-order valence-corrected chi connectivity index (χ1v) is 6.35. The largest absolute Gasteiger partial charge is 0.508 e. The molecule has 0 atom stereocenters. The molecule has 1 aromatic carbocycles. The van der Waals surface area contributed by atoms with Gasteiger partial charge in [0.05, 0.1) is 0 Å². The average Bonchev–Trinajstić information content (AvgIpc) is 2.38. The Morgan fingerprint density at radius 1 is 1.11 bits per heavy atom. The number of hydrogen-bond donors (Lipinski definition) is 2. The third kappa shape index (κ3) is 3.36. The van der Waals surface area contributed by atoms with Gasteiger partial charge in [-0.25, -0.2) is 4.79 Å². The van der Waals surface area contributed by atoms with Gasteiger partial charge >= 0.3 is 5.97 Å². The molecule has 0 bridgehead atoms. The molecule has 0 saturated heterocycles. The van der Waals surface area contributed by atoms with Gasteiger partial charge in [-0.15, -0.1) is 0 Å². The molecule has 1 aliphatic carbocycles. The quantitative estimate of drug-likeness (QED) is 0.804. The van der Waals surface area contributed by atoms with Gasteiger partial charge in [0.15, 0.2) is 0 Å². The monoisotopic (exact) mass is 246 g/mol. The number of aromatic hydroxyl groups is 1. The summed E-state index contributed by atoms with van der Waals surface area (Å²) in [6.45, 7) is 0. The molecule has 1 aliphatic rings. The number of phenols is 1. The molecule has 0 amide bonds. The van der Waals surface area contributed by atoms with Crippen molar-refractivity contribution in [2.75, 3.05) is 0 Å². The fourth-order valence-electron chi connectivity index (χ4n) is 2.61. The van der Waals surface area contributed by atoms with Crippen molar-refractivity contribution < 1.29 is 15.0 Å². The number of carboxylic acids is 1. The number of hydrogen-bond acceptors (Lipinski definition) is 2. The molecule has 1 aromatic rings. The van der Waals surface area contributed by atoms with E-state index in [4.69, 9.17) is 5.11 Å². The van der Waals surface area contributed by atoms with Gasteiger partial charge in [-0.05, 0) is 55.2 Å². The highest BCUT2D eigenvalue weighted by Gasteiger charge is 2.20. The maximum Gasteiger partial charge on any atom is 0.327 e. The number of rotatable bonds is 3. The molecular formula is C15H18O3. The summed E-state index contributed by atoms with van der Waals surface area (Å²) in [6.07, 6.45) is 7.31. The molecule has 0 aliphatic heterocycles. The summed E-state index contributed by atoms with van der Waals surface area (Å²) in [4.78, 5) is 10.4. The zero-order chi connectivity index (χ0) is 13.0. The highest BCUT2D eigenvalue weighted by Crippen LogP contribution is 2.36. The van der Waals surface area contributed by atoms with Crippen molar-refractivity contribution in [2.24, 2.45) is 5.92 Å². The second-order valence-corrected chi connectivity index (χ2v) is 4.90. The molecule has 0 radical (unpaired) electrons. The minimum atomic E-state index is -0.865. The van der Waals surface area contributed by atoms with Crippen LogP contribution in [0.15, 0.2) is 36.4 Å². The summed E-state index contributed by atoms with van der Waals surface area (Å²) in [6, 6.07) is 7.42. The van der Waals surface area contributed by atoms with E-state index in [1.807, 2.05) is 18.2 Å². The lowest BCUT2D eigenvalue weighted by molar-refractivity contribution is -0.131. The first kappa shape index (κ1) is 12.7. The van der Waals surface area contributed by atoms with Gasteiger partial charge in [0.1, 0.15) is 5.75 Å². The smallest absolute Gasteiger partial charge is 0.327 e. The van der Waals surface area contributed by atoms with E-state index < -0.39 is 5.97 Å². The Balaban J connectivity index is 1.90. The highest BCUT2D eigenvalue weighted by atomic mass is 16.4. The van der Waals surface area contributed by atoms with E-state index in [0.717, 1.165) is 25.7 Å². The Kier molecular flexibility index (Phi) is 4.03. The number of allylic oxidation sites excluding steroid dienone is 1. The third-order valence-corrected chi connectivity index (χ3v) is 3.65. The molecule has 1 saturated carbocycles. The van der Waals surface area contributed by atoms with E-state index in [9.17, 15) is 9.90 Å². The Bertz CT molecular complexity index is 426. The summed E-state index contributed by atoms with van der Waals surface area (Å²) in [5, 5.41) is 17.8. The highest BCUT2D eigenvalue weighted by molar-refractivity contribution is 5.79.